The molecule has 0 radical (unpaired) electrons. The Balaban J connectivity index is 0.973. The van der Waals surface area contributed by atoms with Gasteiger partial charge in [-0.1, -0.05) is 34.7 Å². The second kappa shape index (κ2) is 16.9. The minimum Gasteiger partial charge on any atom is -0.493 e. The third kappa shape index (κ3) is 8.40. The molecule has 4 aromatic heterocycles. The van der Waals surface area contributed by atoms with E-state index in [1.54, 1.807) is 73.1 Å². The zero-order valence-electron chi connectivity index (χ0n) is 31.8. The van der Waals surface area contributed by atoms with Gasteiger partial charge in [-0.3, -0.25) is 19.2 Å². The summed E-state index contributed by atoms with van der Waals surface area (Å²) < 4.78 is 23.8. The Hall–Kier alpha value is -7.76. The normalized spacial score (nSPS) is 11.0. The van der Waals surface area contributed by atoms with Crippen LogP contribution in [-0.2, 0) is 26.2 Å². The number of ether oxygens (including phenoxy) is 4. The predicted molar refractivity (Wildman–Crippen MR) is 207 cm³/mol. The average molecular weight is 785 g/mol. The molecule has 0 unspecified atom stereocenters. The highest BCUT2D eigenvalue weighted by Crippen LogP contribution is 2.29. The Morgan fingerprint density at radius 2 is 0.931 bits per heavy atom. The molecular formula is C40H36N10O8. The number of methoxy groups -OCH3 is 4. The van der Waals surface area contributed by atoms with Crippen LogP contribution in [0.1, 0.15) is 53.1 Å². The van der Waals surface area contributed by atoms with E-state index < -0.39 is 11.8 Å². The number of hydrogen-bond donors (Lipinski definition) is 2. The van der Waals surface area contributed by atoms with Crippen molar-refractivity contribution in [3.05, 3.63) is 119 Å². The van der Waals surface area contributed by atoms with E-state index in [1.807, 2.05) is 12.1 Å². The lowest BCUT2D eigenvalue weighted by molar-refractivity contribution is 0.0937. The summed E-state index contributed by atoms with van der Waals surface area (Å²) in [6.07, 6.45) is 3.14. The van der Waals surface area contributed by atoms with Gasteiger partial charge in [0.15, 0.2) is 34.6 Å². The molecule has 0 aliphatic heterocycles. The summed E-state index contributed by atoms with van der Waals surface area (Å²) >= 11 is 0. The predicted octanol–water partition coefficient (Wildman–Crippen LogP) is 3.63. The average Bonchev–Trinajstić information content (AvgIpc) is 3.92. The van der Waals surface area contributed by atoms with Crippen LogP contribution in [-0.4, -0.2) is 91.8 Å². The first kappa shape index (κ1) is 38.5. The molecule has 0 atom stereocenters. The maximum absolute atomic E-state index is 13.2. The lowest BCUT2D eigenvalue weighted by Gasteiger charge is -2.09. The van der Waals surface area contributed by atoms with E-state index in [9.17, 15) is 19.2 Å². The summed E-state index contributed by atoms with van der Waals surface area (Å²) in [4.78, 5) is 61.4. The fraction of sp³-hybridized carbons (Fsp3) is 0.200. The third-order valence-electron chi connectivity index (χ3n) is 9.04. The van der Waals surface area contributed by atoms with Gasteiger partial charge in [0.05, 0.1) is 65.0 Å². The molecule has 2 N–H and O–H groups in total. The maximum Gasteiger partial charge on any atom is 0.270 e. The van der Waals surface area contributed by atoms with Gasteiger partial charge in [0, 0.05) is 21.9 Å². The first-order valence-electron chi connectivity index (χ1n) is 17.7. The smallest absolute Gasteiger partial charge is 0.270 e. The Morgan fingerprint density at radius 3 is 1.33 bits per heavy atom. The van der Waals surface area contributed by atoms with Crippen molar-refractivity contribution < 1.29 is 38.1 Å². The number of fused-ring (bicyclic) bond motifs is 3. The number of hydrogen-bond acceptors (Lipinski definition) is 14. The molecule has 2 amide bonds. The number of nitrogens with one attached hydrogen (secondary N) is 2. The summed E-state index contributed by atoms with van der Waals surface area (Å²) in [5, 5.41) is 23.2. The highest BCUT2D eigenvalue weighted by Gasteiger charge is 2.17. The van der Waals surface area contributed by atoms with Crippen LogP contribution in [0.2, 0.25) is 0 Å². The molecule has 294 valence electrons. The molecule has 0 saturated carbocycles. The van der Waals surface area contributed by atoms with Gasteiger partial charge in [-0.2, -0.15) is 0 Å². The van der Waals surface area contributed by atoms with Crippen molar-refractivity contribution in [3.8, 4) is 23.0 Å². The number of ketones is 2. The summed E-state index contributed by atoms with van der Waals surface area (Å²) in [5.74, 6) is 0.506. The van der Waals surface area contributed by atoms with E-state index in [-0.39, 0.29) is 49.1 Å². The quantitative estimate of drug-likeness (QED) is 0.106. The molecule has 0 aliphatic carbocycles. The number of Topliss-reactive ketones (excluding diaryl/α,β-unsaturated/α-hetero) is 2. The van der Waals surface area contributed by atoms with E-state index in [0.29, 0.717) is 56.5 Å². The van der Waals surface area contributed by atoms with Crippen LogP contribution in [0, 0.1) is 0 Å². The van der Waals surface area contributed by atoms with E-state index >= 15 is 0 Å². The van der Waals surface area contributed by atoms with E-state index in [2.05, 4.69) is 41.2 Å². The van der Waals surface area contributed by atoms with Gasteiger partial charge in [0.25, 0.3) is 11.8 Å². The Bertz CT molecular complexity index is 2510. The molecule has 0 spiro atoms. The van der Waals surface area contributed by atoms with Gasteiger partial charge >= 0.3 is 0 Å². The number of pyridine rings is 2. The second-order valence-corrected chi connectivity index (χ2v) is 12.8. The standard InChI is InChI=1S/C40H36N10O8/c1-55-33-13-9-25(15-35(33)57-3)31(51)21-49-19-27(45-47-49)17-41-39(53)29-11-7-23-5-6-24-8-12-30(44-38(24)37(23)43-29)40(54)42-18-28-20-50(48-46-28)22-32(52)26-10-14-34(56-2)36(16-26)58-4/h5-16,19-20H,17-18,21-22H2,1-4H3,(H,41,53)(H,42,54). The summed E-state index contributed by atoms with van der Waals surface area (Å²) in [5.41, 5.74) is 2.81. The number of carbonyl (C=O) groups excluding carboxylic acids is 4. The van der Waals surface area contributed by atoms with Crippen molar-refractivity contribution >= 4 is 45.2 Å². The zero-order chi connectivity index (χ0) is 40.8. The van der Waals surface area contributed by atoms with Crippen molar-refractivity contribution in [2.45, 2.75) is 26.2 Å². The first-order valence-corrected chi connectivity index (χ1v) is 17.7. The molecule has 58 heavy (non-hydrogen) atoms. The van der Waals surface area contributed by atoms with Crippen LogP contribution >= 0.6 is 0 Å². The highest BCUT2D eigenvalue weighted by atomic mass is 16.5. The number of carbonyl (C=O) groups is 4. The van der Waals surface area contributed by atoms with Gasteiger partial charge in [-0.25, -0.2) is 19.3 Å². The molecule has 4 heterocycles. The minimum atomic E-state index is -0.470. The van der Waals surface area contributed by atoms with E-state index in [0.717, 1.165) is 10.8 Å². The van der Waals surface area contributed by atoms with Gasteiger partial charge < -0.3 is 29.6 Å². The molecule has 18 heteroatoms. The van der Waals surface area contributed by atoms with Gasteiger partial charge in [0.2, 0.25) is 0 Å². The summed E-state index contributed by atoms with van der Waals surface area (Å²) in [7, 11) is 6.01. The van der Waals surface area contributed by atoms with Crippen molar-refractivity contribution in [1.82, 2.24) is 50.6 Å². The fourth-order valence-electron chi connectivity index (χ4n) is 6.03. The maximum atomic E-state index is 13.2. The molecule has 0 aliphatic rings. The van der Waals surface area contributed by atoms with Crippen molar-refractivity contribution in [3.63, 3.8) is 0 Å². The summed E-state index contributed by atoms with van der Waals surface area (Å²) in [6, 6.07) is 20.2. The number of amides is 2. The molecule has 7 aromatic rings. The Labute approximate surface area is 330 Å². The molecular weight excluding hydrogens is 749 g/mol. The fourth-order valence-corrected chi connectivity index (χ4v) is 6.03. The Kier molecular flexibility index (Phi) is 11.2. The second-order valence-electron chi connectivity index (χ2n) is 12.8. The van der Waals surface area contributed by atoms with Gasteiger partial charge in [-0.05, 0) is 48.5 Å². The SMILES string of the molecule is COc1ccc(C(=O)Cn2cc(CNC(=O)c3ccc4ccc5ccc(C(=O)NCc6cn(CC(=O)c7ccc(OC)c(OC)c7)nn6)nc5c4n3)nn2)cc1OC. The minimum absolute atomic E-state index is 0.0309. The topological polar surface area (TPSA) is 216 Å². The van der Waals surface area contributed by atoms with Crippen LogP contribution in [0.25, 0.3) is 21.8 Å². The van der Waals surface area contributed by atoms with E-state index in [4.69, 9.17) is 18.9 Å². The molecule has 3 aromatic carbocycles. The van der Waals surface area contributed by atoms with Gasteiger partial charge in [-0.15, -0.1) is 10.2 Å². The third-order valence-corrected chi connectivity index (χ3v) is 9.04. The van der Waals surface area contributed by atoms with E-state index in [1.165, 1.54) is 37.8 Å². The van der Waals surface area contributed by atoms with Crippen molar-refractivity contribution in [2.24, 2.45) is 0 Å². The molecule has 18 nitrogen and oxygen atoms in total. The van der Waals surface area contributed by atoms with Crippen molar-refractivity contribution in [2.75, 3.05) is 28.4 Å². The lowest BCUT2D eigenvalue weighted by atomic mass is 10.1. The summed E-state index contributed by atoms with van der Waals surface area (Å²) in [6.45, 7) is -0.0866. The highest BCUT2D eigenvalue weighted by molar-refractivity contribution is 6.06. The number of aromatic nitrogens is 8. The molecule has 0 bridgehead atoms. The molecule has 0 saturated heterocycles. The largest absolute Gasteiger partial charge is 0.493 e. The van der Waals surface area contributed by atoms with Crippen LogP contribution in [0.4, 0.5) is 0 Å². The number of nitrogens with zero attached hydrogens (tertiary/aromatic N) is 8. The molecule has 0 fully saturated rings. The van der Waals surface area contributed by atoms with Crippen LogP contribution in [0.15, 0.2) is 85.2 Å². The first-order chi connectivity index (χ1) is 28.2. The number of rotatable bonds is 16. The zero-order valence-corrected chi connectivity index (χ0v) is 31.8. The van der Waals surface area contributed by atoms with Crippen molar-refractivity contribution in [1.29, 1.82) is 0 Å². The lowest BCUT2D eigenvalue weighted by Crippen LogP contribution is -2.24. The van der Waals surface area contributed by atoms with Crippen LogP contribution < -0.4 is 29.6 Å². The van der Waals surface area contributed by atoms with Crippen LogP contribution in [0.5, 0.6) is 23.0 Å². The molecule has 7 rings (SSSR count). The number of benzene rings is 3. The van der Waals surface area contributed by atoms with Crippen LogP contribution in [0.3, 0.4) is 0 Å². The van der Waals surface area contributed by atoms with Gasteiger partial charge in [0.1, 0.15) is 35.9 Å². The Morgan fingerprint density at radius 1 is 0.534 bits per heavy atom. The monoisotopic (exact) mass is 784 g/mol.